The monoisotopic (exact) mass is 458 g/mol. The lowest BCUT2D eigenvalue weighted by atomic mass is 9.95. The zero-order valence-corrected chi connectivity index (χ0v) is 18.0. The minimum Gasteiger partial charge on any atom is -0.356 e. The first-order valence-electron chi connectivity index (χ1n) is 10.8. The van der Waals surface area contributed by atoms with Gasteiger partial charge in [0.05, 0.1) is 16.9 Å². The average Bonchev–Trinajstić information content (AvgIpc) is 3.21. The number of hydrogen-bond acceptors (Lipinski definition) is 4. The zero-order chi connectivity index (χ0) is 23.7. The summed E-state index contributed by atoms with van der Waals surface area (Å²) in [7, 11) is 0. The molecule has 1 aliphatic carbocycles. The van der Waals surface area contributed by atoms with E-state index in [-0.39, 0.29) is 17.2 Å². The van der Waals surface area contributed by atoms with Gasteiger partial charge in [-0.3, -0.25) is 9.59 Å². The standard InChI is InChI=1S/C26H20F2N4O2/c27-18-10-9-16(13-19(18)28)26(34)32-22-14-15(11-12-29-22)24-25(30-17-5-2-1-3-6-17)23-20(31-24)7-4-8-21(23)33/h1-3,5-6,9-14,30-31H,4,7-8H2,(H,29,32,34). The number of ketones is 1. The Balaban J connectivity index is 1.50. The molecule has 0 fully saturated rings. The summed E-state index contributed by atoms with van der Waals surface area (Å²) in [5.74, 6) is -2.44. The van der Waals surface area contributed by atoms with E-state index in [0.717, 1.165) is 36.4 Å². The molecule has 0 saturated carbocycles. The van der Waals surface area contributed by atoms with Crippen molar-refractivity contribution in [2.75, 3.05) is 10.6 Å². The minimum atomic E-state index is -1.10. The molecule has 2 heterocycles. The lowest BCUT2D eigenvalue weighted by molar-refractivity contribution is 0.0972. The van der Waals surface area contributed by atoms with Crippen molar-refractivity contribution < 1.29 is 18.4 Å². The van der Waals surface area contributed by atoms with Gasteiger partial charge in [-0.2, -0.15) is 0 Å². The molecule has 6 nitrogen and oxygen atoms in total. The van der Waals surface area contributed by atoms with Crippen LogP contribution in [0.5, 0.6) is 0 Å². The third kappa shape index (κ3) is 4.17. The number of Topliss-reactive ketones (excluding diaryl/α,β-unsaturated/α-hetero) is 1. The molecule has 2 aromatic carbocycles. The number of para-hydroxylation sites is 1. The van der Waals surface area contributed by atoms with Crippen molar-refractivity contribution in [3.63, 3.8) is 0 Å². The van der Waals surface area contributed by atoms with Gasteiger partial charge >= 0.3 is 0 Å². The number of anilines is 3. The van der Waals surface area contributed by atoms with Crippen LogP contribution in [0.3, 0.4) is 0 Å². The maximum absolute atomic E-state index is 13.5. The second kappa shape index (κ2) is 8.90. The van der Waals surface area contributed by atoms with Crippen LogP contribution in [-0.2, 0) is 6.42 Å². The van der Waals surface area contributed by atoms with Gasteiger partial charge in [-0.15, -0.1) is 0 Å². The van der Waals surface area contributed by atoms with Crippen LogP contribution in [0.1, 0.15) is 39.3 Å². The van der Waals surface area contributed by atoms with Crippen LogP contribution >= 0.6 is 0 Å². The largest absolute Gasteiger partial charge is 0.356 e. The number of hydrogen-bond donors (Lipinski definition) is 3. The van der Waals surface area contributed by atoms with Crippen molar-refractivity contribution in [3.8, 4) is 11.3 Å². The van der Waals surface area contributed by atoms with Gasteiger partial charge in [-0.25, -0.2) is 13.8 Å². The molecular weight excluding hydrogens is 438 g/mol. The summed E-state index contributed by atoms with van der Waals surface area (Å²) in [5, 5.41) is 5.98. The van der Waals surface area contributed by atoms with Crippen molar-refractivity contribution in [2.24, 2.45) is 0 Å². The fourth-order valence-electron chi connectivity index (χ4n) is 4.09. The molecule has 170 valence electrons. The van der Waals surface area contributed by atoms with E-state index in [1.807, 2.05) is 30.3 Å². The number of benzene rings is 2. The predicted octanol–water partition coefficient (Wildman–Crippen LogP) is 5.87. The molecule has 0 aliphatic heterocycles. The quantitative estimate of drug-likeness (QED) is 0.349. The number of pyridine rings is 1. The number of amides is 1. The van der Waals surface area contributed by atoms with Gasteiger partial charge in [0, 0.05) is 35.1 Å². The van der Waals surface area contributed by atoms with Gasteiger partial charge in [0.15, 0.2) is 17.4 Å². The Morgan fingerprint density at radius 3 is 2.59 bits per heavy atom. The Labute approximate surface area is 194 Å². The van der Waals surface area contributed by atoms with Crippen molar-refractivity contribution in [2.45, 2.75) is 19.3 Å². The van der Waals surface area contributed by atoms with E-state index in [0.29, 0.717) is 28.9 Å². The Morgan fingerprint density at radius 2 is 1.79 bits per heavy atom. The summed E-state index contributed by atoms with van der Waals surface area (Å²) in [6.07, 6.45) is 3.56. The first-order chi connectivity index (χ1) is 16.5. The van der Waals surface area contributed by atoms with Crippen LogP contribution in [0.2, 0.25) is 0 Å². The Hall–Kier alpha value is -4.33. The molecule has 1 aliphatic rings. The zero-order valence-electron chi connectivity index (χ0n) is 18.0. The van der Waals surface area contributed by atoms with Crippen LogP contribution in [0.15, 0.2) is 66.9 Å². The Morgan fingerprint density at radius 1 is 0.971 bits per heavy atom. The first kappa shape index (κ1) is 21.5. The lowest BCUT2D eigenvalue weighted by Gasteiger charge is -2.14. The van der Waals surface area contributed by atoms with Gasteiger partial charge in [-0.1, -0.05) is 18.2 Å². The van der Waals surface area contributed by atoms with Crippen molar-refractivity contribution in [1.82, 2.24) is 9.97 Å². The number of carbonyl (C=O) groups is 2. The molecule has 5 rings (SSSR count). The number of halogens is 2. The highest BCUT2D eigenvalue weighted by molar-refractivity contribution is 6.08. The molecule has 1 amide bonds. The highest BCUT2D eigenvalue weighted by Gasteiger charge is 2.27. The smallest absolute Gasteiger partial charge is 0.256 e. The molecule has 2 aromatic heterocycles. The van der Waals surface area contributed by atoms with Crippen LogP contribution in [0.4, 0.5) is 26.0 Å². The van der Waals surface area contributed by atoms with E-state index >= 15 is 0 Å². The number of nitrogens with zero attached hydrogens (tertiary/aromatic N) is 1. The van der Waals surface area contributed by atoms with Gasteiger partial charge in [0.25, 0.3) is 5.91 Å². The van der Waals surface area contributed by atoms with Gasteiger partial charge in [-0.05, 0) is 55.3 Å². The molecule has 0 atom stereocenters. The molecule has 34 heavy (non-hydrogen) atoms. The number of carbonyl (C=O) groups excluding carboxylic acids is 2. The van der Waals surface area contributed by atoms with E-state index in [1.165, 1.54) is 12.3 Å². The Kier molecular flexibility index (Phi) is 5.63. The number of aryl methyl sites for hydroxylation is 1. The number of fused-ring (bicyclic) bond motifs is 1. The molecule has 3 N–H and O–H groups in total. The number of rotatable bonds is 5. The van der Waals surface area contributed by atoms with Gasteiger partial charge < -0.3 is 15.6 Å². The van der Waals surface area contributed by atoms with Crippen LogP contribution < -0.4 is 10.6 Å². The SMILES string of the molecule is O=C(Nc1cc(-c2[nH]c3c(c2Nc2ccccc2)C(=O)CCC3)ccn1)c1ccc(F)c(F)c1. The highest BCUT2D eigenvalue weighted by atomic mass is 19.2. The van der Waals surface area contributed by atoms with E-state index in [1.54, 1.807) is 12.1 Å². The number of aromatic nitrogens is 2. The molecule has 0 saturated heterocycles. The fourth-order valence-corrected chi connectivity index (χ4v) is 4.09. The van der Waals surface area contributed by atoms with Gasteiger partial charge in [0.2, 0.25) is 0 Å². The topological polar surface area (TPSA) is 86.9 Å². The van der Waals surface area contributed by atoms with Crippen LogP contribution in [0, 0.1) is 11.6 Å². The maximum atomic E-state index is 13.5. The first-order valence-corrected chi connectivity index (χ1v) is 10.8. The summed E-state index contributed by atoms with van der Waals surface area (Å²) in [5.41, 5.74) is 4.41. The summed E-state index contributed by atoms with van der Waals surface area (Å²) in [6, 6.07) is 15.9. The number of nitrogens with one attached hydrogen (secondary N) is 3. The van der Waals surface area contributed by atoms with E-state index in [9.17, 15) is 18.4 Å². The van der Waals surface area contributed by atoms with Crippen molar-refractivity contribution in [1.29, 1.82) is 0 Å². The second-order valence-corrected chi connectivity index (χ2v) is 8.01. The van der Waals surface area contributed by atoms with E-state index < -0.39 is 17.5 Å². The summed E-state index contributed by atoms with van der Waals surface area (Å²) >= 11 is 0. The number of H-pyrrole nitrogens is 1. The van der Waals surface area contributed by atoms with Gasteiger partial charge in [0.1, 0.15) is 5.82 Å². The molecular formula is C26H20F2N4O2. The van der Waals surface area contributed by atoms with Crippen LogP contribution in [0.25, 0.3) is 11.3 Å². The Bertz CT molecular complexity index is 1400. The normalized spacial score (nSPS) is 12.8. The maximum Gasteiger partial charge on any atom is 0.256 e. The molecule has 0 bridgehead atoms. The predicted molar refractivity (Wildman–Crippen MR) is 125 cm³/mol. The molecule has 0 radical (unpaired) electrons. The minimum absolute atomic E-state index is 0.0292. The summed E-state index contributed by atoms with van der Waals surface area (Å²) in [6.45, 7) is 0. The highest BCUT2D eigenvalue weighted by Crippen LogP contribution is 2.39. The summed E-state index contributed by atoms with van der Waals surface area (Å²) in [4.78, 5) is 32.9. The van der Waals surface area contributed by atoms with E-state index in [2.05, 4.69) is 20.6 Å². The fraction of sp³-hybridized carbons (Fsp3) is 0.115. The summed E-state index contributed by atoms with van der Waals surface area (Å²) < 4.78 is 26.7. The van der Waals surface area contributed by atoms with Crippen LogP contribution in [-0.4, -0.2) is 21.7 Å². The third-order valence-corrected chi connectivity index (χ3v) is 5.70. The molecule has 0 unspecified atom stereocenters. The van der Waals surface area contributed by atoms with Crippen molar-refractivity contribution in [3.05, 3.63) is 95.3 Å². The number of aromatic amines is 1. The van der Waals surface area contributed by atoms with Crippen molar-refractivity contribution >= 4 is 28.9 Å². The third-order valence-electron chi connectivity index (χ3n) is 5.70. The average molecular weight is 458 g/mol. The molecule has 0 spiro atoms. The molecule has 8 heteroatoms. The second-order valence-electron chi connectivity index (χ2n) is 8.01. The van der Waals surface area contributed by atoms with E-state index in [4.69, 9.17) is 0 Å². The molecule has 4 aromatic rings. The lowest BCUT2D eigenvalue weighted by Crippen LogP contribution is -2.13.